The molecule has 0 spiro atoms. The highest BCUT2D eigenvalue weighted by Crippen LogP contribution is 2.44. The number of fused-ring (bicyclic) bond motifs is 3. The van der Waals surface area contributed by atoms with E-state index in [-0.39, 0.29) is 44.0 Å². The van der Waals surface area contributed by atoms with Crippen LogP contribution >= 0.6 is 0 Å². The number of nitrogens with one attached hydrogen (secondary N) is 2. The third-order valence-corrected chi connectivity index (χ3v) is 5.53. The van der Waals surface area contributed by atoms with Gasteiger partial charge in [0.25, 0.3) is 0 Å². The molecule has 0 saturated carbocycles. The third-order valence-electron chi connectivity index (χ3n) is 5.53. The molecule has 8 nitrogen and oxygen atoms in total. The quantitative estimate of drug-likeness (QED) is 0.424. The lowest BCUT2D eigenvalue weighted by molar-refractivity contribution is -0.142. The van der Waals surface area contributed by atoms with Crippen LogP contribution in [0.4, 0.5) is 4.79 Å². The molecule has 33 heavy (non-hydrogen) atoms. The van der Waals surface area contributed by atoms with E-state index in [0.29, 0.717) is 6.42 Å². The second kappa shape index (κ2) is 12.0. The maximum atomic E-state index is 12.5. The van der Waals surface area contributed by atoms with Gasteiger partial charge in [0.15, 0.2) is 0 Å². The molecule has 8 heteroatoms. The second-order valence-corrected chi connectivity index (χ2v) is 7.96. The zero-order valence-electron chi connectivity index (χ0n) is 18.7. The van der Waals surface area contributed by atoms with E-state index in [2.05, 4.69) is 34.9 Å². The number of hydrogen-bond donors (Lipinski definition) is 3. The monoisotopic (exact) mass is 454 g/mol. The average Bonchev–Trinajstić information content (AvgIpc) is 3.11. The van der Waals surface area contributed by atoms with E-state index >= 15 is 0 Å². The highest BCUT2D eigenvalue weighted by Gasteiger charge is 2.29. The lowest BCUT2D eigenvalue weighted by atomic mass is 9.98. The summed E-state index contributed by atoms with van der Waals surface area (Å²) in [6.45, 7) is 2.10. The fraction of sp³-hybridized carbons (Fsp3) is 0.400. The van der Waals surface area contributed by atoms with Gasteiger partial charge in [0.05, 0.1) is 6.61 Å². The number of carbonyl (C=O) groups excluding carboxylic acids is 2. The lowest BCUT2D eigenvalue weighted by Gasteiger charge is -2.19. The molecule has 1 atom stereocenters. The van der Waals surface area contributed by atoms with Crippen LogP contribution < -0.4 is 10.6 Å². The third kappa shape index (κ3) is 6.79. The first kappa shape index (κ1) is 24.3. The Morgan fingerprint density at radius 3 is 2.27 bits per heavy atom. The summed E-state index contributed by atoms with van der Waals surface area (Å²) in [6.07, 6.45) is 0.987. The molecular formula is C25H30N2O6. The highest BCUT2D eigenvalue weighted by molar-refractivity contribution is 5.79. The van der Waals surface area contributed by atoms with E-state index in [1.807, 2.05) is 31.2 Å². The van der Waals surface area contributed by atoms with Gasteiger partial charge in [-0.2, -0.15) is 0 Å². The minimum atomic E-state index is -1.06. The maximum Gasteiger partial charge on any atom is 0.407 e. The Labute approximate surface area is 193 Å². The number of ether oxygens (including phenoxy) is 2. The van der Waals surface area contributed by atoms with E-state index in [1.165, 1.54) is 0 Å². The minimum Gasteiger partial charge on any atom is -0.480 e. The largest absolute Gasteiger partial charge is 0.480 e. The molecule has 0 fully saturated rings. The number of carbonyl (C=O) groups is 3. The van der Waals surface area contributed by atoms with Crippen molar-refractivity contribution in [3.63, 3.8) is 0 Å². The van der Waals surface area contributed by atoms with Crippen molar-refractivity contribution >= 4 is 18.0 Å². The smallest absolute Gasteiger partial charge is 0.407 e. The van der Waals surface area contributed by atoms with Gasteiger partial charge in [0, 0.05) is 24.9 Å². The molecule has 2 aromatic carbocycles. The SMILES string of the molecule is CCC[C@@H](CC(=O)NCCOCC(=O)O)NC(=O)OCC1c2ccccc2-c2ccccc21. The van der Waals surface area contributed by atoms with E-state index < -0.39 is 18.7 Å². The van der Waals surface area contributed by atoms with Crippen LogP contribution in [0.15, 0.2) is 48.5 Å². The Bertz CT molecular complexity index is 931. The number of carboxylic acid groups (broad SMARTS) is 1. The molecule has 0 aromatic heterocycles. The summed E-state index contributed by atoms with van der Waals surface area (Å²) in [5.74, 6) is -1.33. The first-order valence-corrected chi connectivity index (χ1v) is 11.2. The van der Waals surface area contributed by atoms with Crippen molar-refractivity contribution in [1.82, 2.24) is 10.6 Å². The summed E-state index contributed by atoms with van der Waals surface area (Å²) < 4.78 is 10.5. The molecule has 3 N–H and O–H groups in total. The predicted octanol–water partition coefficient (Wildman–Crippen LogP) is 3.30. The average molecular weight is 455 g/mol. The van der Waals surface area contributed by atoms with Crippen molar-refractivity contribution in [2.45, 2.75) is 38.1 Å². The number of hydrogen-bond acceptors (Lipinski definition) is 5. The van der Waals surface area contributed by atoms with Crippen molar-refractivity contribution < 1.29 is 29.0 Å². The Hall–Kier alpha value is -3.39. The van der Waals surface area contributed by atoms with Crippen LogP contribution in [-0.4, -0.2) is 55.5 Å². The van der Waals surface area contributed by atoms with Gasteiger partial charge >= 0.3 is 12.1 Å². The zero-order chi connectivity index (χ0) is 23.6. The fourth-order valence-electron chi connectivity index (χ4n) is 4.10. The maximum absolute atomic E-state index is 12.5. The van der Waals surface area contributed by atoms with Crippen LogP contribution in [0, 0.1) is 0 Å². The molecule has 0 heterocycles. The number of alkyl carbamates (subject to hydrolysis) is 1. The fourth-order valence-corrected chi connectivity index (χ4v) is 4.10. The summed E-state index contributed by atoms with van der Waals surface area (Å²) in [5.41, 5.74) is 4.60. The van der Waals surface area contributed by atoms with Crippen LogP contribution in [0.1, 0.15) is 43.2 Å². The molecule has 0 saturated heterocycles. The molecule has 1 aliphatic rings. The molecule has 2 aromatic rings. The van der Waals surface area contributed by atoms with Gasteiger partial charge in [-0.3, -0.25) is 4.79 Å². The lowest BCUT2D eigenvalue weighted by Crippen LogP contribution is -2.40. The number of carboxylic acids is 1. The summed E-state index contributed by atoms with van der Waals surface area (Å²) >= 11 is 0. The number of aliphatic carboxylic acids is 1. The Balaban J connectivity index is 1.49. The van der Waals surface area contributed by atoms with Gasteiger partial charge in [-0.25, -0.2) is 9.59 Å². The molecule has 2 amide bonds. The van der Waals surface area contributed by atoms with Gasteiger partial charge in [-0.15, -0.1) is 0 Å². The van der Waals surface area contributed by atoms with Gasteiger partial charge in [-0.1, -0.05) is 61.9 Å². The van der Waals surface area contributed by atoms with E-state index in [1.54, 1.807) is 0 Å². The van der Waals surface area contributed by atoms with E-state index in [9.17, 15) is 14.4 Å². The molecule has 176 valence electrons. The van der Waals surface area contributed by atoms with Crippen molar-refractivity contribution in [3.8, 4) is 11.1 Å². The summed E-state index contributed by atoms with van der Waals surface area (Å²) in [7, 11) is 0. The first-order valence-electron chi connectivity index (χ1n) is 11.2. The molecule has 1 aliphatic carbocycles. The van der Waals surface area contributed by atoms with Gasteiger partial charge in [-0.05, 0) is 28.7 Å². The van der Waals surface area contributed by atoms with Crippen LogP contribution in [0.2, 0.25) is 0 Å². The number of benzene rings is 2. The molecule has 0 bridgehead atoms. The Morgan fingerprint density at radius 1 is 1.03 bits per heavy atom. The molecule has 0 aliphatic heterocycles. The summed E-state index contributed by atoms with van der Waals surface area (Å²) in [4.78, 5) is 35.1. The van der Waals surface area contributed by atoms with Crippen molar-refractivity contribution in [3.05, 3.63) is 59.7 Å². The number of rotatable bonds is 12. The van der Waals surface area contributed by atoms with Gasteiger partial charge in [0.1, 0.15) is 13.2 Å². The van der Waals surface area contributed by atoms with Gasteiger partial charge in [0.2, 0.25) is 5.91 Å². The topological polar surface area (TPSA) is 114 Å². The van der Waals surface area contributed by atoms with E-state index in [0.717, 1.165) is 28.7 Å². The Morgan fingerprint density at radius 2 is 1.67 bits per heavy atom. The second-order valence-electron chi connectivity index (χ2n) is 7.96. The van der Waals surface area contributed by atoms with Crippen LogP contribution in [0.25, 0.3) is 11.1 Å². The van der Waals surface area contributed by atoms with Crippen LogP contribution in [-0.2, 0) is 19.1 Å². The first-order chi connectivity index (χ1) is 16.0. The van der Waals surface area contributed by atoms with Crippen molar-refractivity contribution in [2.75, 3.05) is 26.4 Å². The highest BCUT2D eigenvalue weighted by atomic mass is 16.5. The number of amides is 2. The predicted molar refractivity (Wildman–Crippen MR) is 123 cm³/mol. The molecule has 3 rings (SSSR count). The standard InChI is InChI=1S/C25H30N2O6/c1-2-7-17(14-23(28)26-12-13-32-16-24(29)30)27-25(31)33-15-22-20-10-5-3-8-18(20)19-9-4-6-11-21(19)22/h3-6,8-11,17,22H,2,7,12-16H2,1H3,(H,26,28)(H,27,31)(H,29,30)/t17-/m0/s1. The van der Waals surface area contributed by atoms with Gasteiger partial charge < -0.3 is 25.2 Å². The Kier molecular flexibility index (Phi) is 8.83. The zero-order valence-corrected chi connectivity index (χ0v) is 18.7. The molecule has 0 unspecified atom stereocenters. The van der Waals surface area contributed by atoms with Crippen molar-refractivity contribution in [1.29, 1.82) is 0 Å². The molecule has 0 radical (unpaired) electrons. The van der Waals surface area contributed by atoms with E-state index in [4.69, 9.17) is 14.6 Å². The normalized spacial score (nSPS) is 13.0. The minimum absolute atomic E-state index is 0.0260. The van der Waals surface area contributed by atoms with Crippen LogP contribution in [0.3, 0.4) is 0 Å². The molecular weight excluding hydrogens is 424 g/mol. The van der Waals surface area contributed by atoms with Crippen molar-refractivity contribution in [2.24, 2.45) is 0 Å². The summed E-state index contributed by atoms with van der Waals surface area (Å²) in [5, 5.41) is 14.0. The van der Waals surface area contributed by atoms with Crippen LogP contribution in [0.5, 0.6) is 0 Å². The summed E-state index contributed by atoms with van der Waals surface area (Å²) in [6, 6.07) is 15.9.